The summed E-state index contributed by atoms with van der Waals surface area (Å²) in [5.41, 5.74) is 6.32. The third kappa shape index (κ3) is 2.01. The minimum atomic E-state index is -0.359. The molecule has 0 fully saturated rings. The lowest BCUT2D eigenvalue weighted by atomic mass is 10.1. The monoisotopic (exact) mass is 235 g/mol. The van der Waals surface area contributed by atoms with Crippen molar-refractivity contribution in [2.45, 2.75) is 0 Å². The van der Waals surface area contributed by atoms with Gasteiger partial charge in [-0.25, -0.2) is 9.37 Å². The summed E-state index contributed by atoms with van der Waals surface area (Å²) in [6.45, 7) is 0.374. The maximum Gasteiger partial charge on any atom is 0.139 e. The van der Waals surface area contributed by atoms with E-state index in [1.807, 2.05) is 0 Å². The fourth-order valence-corrected chi connectivity index (χ4v) is 1.81. The number of nitrogens with zero attached hydrogens (tertiary/aromatic N) is 2. The number of nitrogens with two attached hydrogens (primary N) is 1. The number of hydrogen-bond donors (Lipinski definition) is 2. The van der Waals surface area contributed by atoms with E-state index in [9.17, 15) is 4.39 Å². The highest BCUT2D eigenvalue weighted by atomic mass is 19.1. The number of aliphatic hydroxyl groups excluding tert-OH is 1. The molecule has 0 amide bonds. The Labute approximate surface area is 98.5 Å². The van der Waals surface area contributed by atoms with E-state index in [1.165, 1.54) is 12.1 Å². The molecular formula is C12H14FN3O. The van der Waals surface area contributed by atoms with Gasteiger partial charge in [-0.3, -0.25) is 0 Å². The Kier molecular flexibility index (Phi) is 3.10. The molecule has 0 spiro atoms. The van der Waals surface area contributed by atoms with Crippen LogP contribution in [0.5, 0.6) is 0 Å². The Morgan fingerprint density at radius 1 is 1.41 bits per heavy atom. The SMILES string of the molecule is CN(CCO)c1nccc2c(N)ccc(F)c12. The van der Waals surface area contributed by atoms with E-state index in [2.05, 4.69) is 4.98 Å². The molecule has 0 aliphatic carbocycles. The van der Waals surface area contributed by atoms with Crippen LogP contribution in [0.1, 0.15) is 0 Å². The zero-order valence-electron chi connectivity index (χ0n) is 9.52. The van der Waals surface area contributed by atoms with Crippen LogP contribution in [0.2, 0.25) is 0 Å². The van der Waals surface area contributed by atoms with Crippen LogP contribution >= 0.6 is 0 Å². The quantitative estimate of drug-likeness (QED) is 0.789. The molecule has 0 aliphatic rings. The lowest BCUT2D eigenvalue weighted by Gasteiger charge is -2.19. The van der Waals surface area contributed by atoms with Crippen molar-refractivity contribution >= 4 is 22.3 Å². The molecule has 17 heavy (non-hydrogen) atoms. The Bertz CT molecular complexity index is 545. The second-order valence-electron chi connectivity index (χ2n) is 3.84. The summed E-state index contributed by atoms with van der Waals surface area (Å²) in [4.78, 5) is 5.85. The molecule has 0 atom stereocenters. The van der Waals surface area contributed by atoms with Gasteiger partial charge in [-0.1, -0.05) is 0 Å². The van der Waals surface area contributed by atoms with Gasteiger partial charge in [-0.2, -0.15) is 0 Å². The molecule has 0 unspecified atom stereocenters. The van der Waals surface area contributed by atoms with Crippen LogP contribution < -0.4 is 10.6 Å². The number of anilines is 2. The summed E-state index contributed by atoms with van der Waals surface area (Å²) >= 11 is 0. The number of aliphatic hydroxyl groups is 1. The van der Waals surface area contributed by atoms with Crippen molar-refractivity contribution in [1.29, 1.82) is 0 Å². The fourth-order valence-electron chi connectivity index (χ4n) is 1.81. The Hall–Kier alpha value is -1.88. The van der Waals surface area contributed by atoms with Crippen molar-refractivity contribution in [3.8, 4) is 0 Å². The van der Waals surface area contributed by atoms with E-state index in [-0.39, 0.29) is 12.4 Å². The zero-order chi connectivity index (χ0) is 12.4. The summed E-state index contributed by atoms with van der Waals surface area (Å²) in [6, 6.07) is 4.55. The van der Waals surface area contributed by atoms with Crippen molar-refractivity contribution in [2.75, 3.05) is 30.8 Å². The highest BCUT2D eigenvalue weighted by molar-refractivity contribution is 5.99. The first-order chi connectivity index (χ1) is 8.15. The van der Waals surface area contributed by atoms with E-state index in [1.54, 1.807) is 24.2 Å². The number of aromatic nitrogens is 1. The maximum atomic E-state index is 13.8. The van der Waals surface area contributed by atoms with Crippen LogP contribution in [0.25, 0.3) is 10.8 Å². The third-order valence-electron chi connectivity index (χ3n) is 2.69. The molecule has 2 rings (SSSR count). The Balaban J connectivity index is 2.68. The smallest absolute Gasteiger partial charge is 0.139 e. The second kappa shape index (κ2) is 4.55. The summed E-state index contributed by atoms with van der Waals surface area (Å²) < 4.78 is 13.8. The summed E-state index contributed by atoms with van der Waals surface area (Å²) in [5.74, 6) is 0.128. The van der Waals surface area contributed by atoms with Gasteiger partial charge in [0.25, 0.3) is 0 Å². The van der Waals surface area contributed by atoms with Crippen molar-refractivity contribution < 1.29 is 9.50 Å². The molecule has 1 aromatic carbocycles. The highest BCUT2D eigenvalue weighted by Crippen LogP contribution is 2.29. The minimum Gasteiger partial charge on any atom is -0.398 e. The summed E-state index contributed by atoms with van der Waals surface area (Å²) in [7, 11) is 1.75. The first-order valence-electron chi connectivity index (χ1n) is 5.30. The largest absolute Gasteiger partial charge is 0.398 e. The second-order valence-corrected chi connectivity index (χ2v) is 3.84. The first kappa shape index (κ1) is 11.6. The summed E-state index contributed by atoms with van der Waals surface area (Å²) in [5, 5.41) is 9.94. The molecule has 0 radical (unpaired) electrons. The number of pyridine rings is 1. The number of rotatable bonds is 3. The number of likely N-dealkylation sites (N-methyl/N-ethyl adjacent to an activating group) is 1. The number of halogens is 1. The topological polar surface area (TPSA) is 62.4 Å². The van der Waals surface area contributed by atoms with Gasteiger partial charge in [0.2, 0.25) is 0 Å². The zero-order valence-corrected chi connectivity index (χ0v) is 9.52. The Morgan fingerprint density at radius 2 is 2.18 bits per heavy atom. The van der Waals surface area contributed by atoms with Gasteiger partial charge in [0.1, 0.15) is 11.6 Å². The maximum absolute atomic E-state index is 13.8. The molecule has 0 aliphatic heterocycles. The van der Waals surface area contributed by atoms with Crippen LogP contribution in [0.4, 0.5) is 15.9 Å². The average molecular weight is 235 g/mol. The van der Waals surface area contributed by atoms with Gasteiger partial charge in [-0.05, 0) is 18.2 Å². The van der Waals surface area contributed by atoms with Gasteiger partial charge in [-0.15, -0.1) is 0 Å². The van der Waals surface area contributed by atoms with Crippen LogP contribution in [0.3, 0.4) is 0 Å². The number of benzene rings is 1. The Morgan fingerprint density at radius 3 is 2.88 bits per heavy atom. The lowest BCUT2D eigenvalue weighted by molar-refractivity contribution is 0.304. The molecule has 0 bridgehead atoms. The van der Waals surface area contributed by atoms with Crippen LogP contribution in [0, 0.1) is 5.82 Å². The number of fused-ring (bicyclic) bond motifs is 1. The first-order valence-corrected chi connectivity index (χ1v) is 5.30. The van der Waals surface area contributed by atoms with Gasteiger partial charge in [0, 0.05) is 30.9 Å². The minimum absolute atomic E-state index is 0.0154. The predicted molar refractivity (Wildman–Crippen MR) is 66.5 cm³/mol. The van der Waals surface area contributed by atoms with Gasteiger partial charge < -0.3 is 15.7 Å². The molecule has 90 valence electrons. The van der Waals surface area contributed by atoms with Crippen LogP contribution in [0.15, 0.2) is 24.4 Å². The highest BCUT2D eigenvalue weighted by Gasteiger charge is 2.12. The number of nitrogen functional groups attached to an aromatic ring is 1. The molecule has 0 saturated heterocycles. The lowest BCUT2D eigenvalue weighted by Crippen LogP contribution is -2.22. The van der Waals surface area contributed by atoms with Crippen LogP contribution in [-0.4, -0.2) is 30.3 Å². The van der Waals surface area contributed by atoms with Crippen LogP contribution in [-0.2, 0) is 0 Å². The standard InChI is InChI=1S/C12H14FN3O/c1-16(6-7-17)12-11-8(4-5-15-12)10(14)3-2-9(11)13/h2-5,17H,6-7,14H2,1H3. The van der Waals surface area contributed by atoms with Gasteiger partial charge in [0.05, 0.1) is 12.0 Å². The van der Waals surface area contributed by atoms with E-state index in [0.717, 1.165) is 0 Å². The third-order valence-corrected chi connectivity index (χ3v) is 2.69. The van der Waals surface area contributed by atoms with Gasteiger partial charge in [0.15, 0.2) is 0 Å². The fraction of sp³-hybridized carbons (Fsp3) is 0.250. The van der Waals surface area contributed by atoms with Crippen molar-refractivity contribution in [2.24, 2.45) is 0 Å². The molecule has 1 heterocycles. The molecule has 2 aromatic rings. The average Bonchev–Trinajstić information content (AvgIpc) is 2.34. The number of hydrogen-bond acceptors (Lipinski definition) is 4. The molecule has 0 saturated carbocycles. The molecule has 1 aromatic heterocycles. The predicted octanol–water partition coefficient (Wildman–Crippen LogP) is 1.38. The molecular weight excluding hydrogens is 221 g/mol. The van der Waals surface area contributed by atoms with E-state index >= 15 is 0 Å². The van der Waals surface area contributed by atoms with E-state index in [0.29, 0.717) is 28.8 Å². The molecule has 3 N–H and O–H groups in total. The van der Waals surface area contributed by atoms with Gasteiger partial charge >= 0.3 is 0 Å². The molecule has 4 nitrogen and oxygen atoms in total. The van der Waals surface area contributed by atoms with E-state index < -0.39 is 0 Å². The van der Waals surface area contributed by atoms with Crippen molar-refractivity contribution in [3.05, 3.63) is 30.2 Å². The molecule has 5 heteroatoms. The van der Waals surface area contributed by atoms with E-state index in [4.69, 9.17) is 10.8 Å². The van der Waals surface area contributed by atoms with Crippen molar-refractivity contribution in [1.82, 2.24) is 4.98 Å². The summed E-state index contributed by atoms with van der Waals surface area (Å²) in [6.07, 6.45) is 1.58. The normalized spacial score (nSPS) is 10.8. The van der Waals surface area contributed by atoms with Crippen molar-refractivity contribution in [3.63, 3.8) is 0 Å².